The molecule has 10 heteroatoms. The van der Waals surface area contributed by atoms with Gasteiger partial charge in [-0.25, -0.2) is 0 Å². The quantitative estimate of drug-likeness (QED) is 0.302. The molecule has 4 aromatic rings. The van der Waals surface area contributed by atoms with Gasteiger partial charge >= 0.3 is 0 Å². The number of nitrogens with two attached hydrogens (primary N) is 2. The largest absolute Gasteiger partial charge is 0.382 e. The highest BCUT2D eigenvalue weighted by atomic mass is 16.5. The minimum Gasteiger partial charge on any atom is -0.382 e. The van der Waals surface area contributed by atoms with Crippen molar-refractivity contribution >= 4 is 0 Å². The van der Waals surface area contributed by atoms with Crippen LogP contribution in [0.25, 0.3) is 22.8 Å². The molecule has 0 fully saturated rings. The maximum absolute atomic E-state index is 9.83. The molecule has 0 bridgehead atoms. The summed E-state index contributed by atoms with van der Waals surface area (Å²) in [5, 5.41) is 27.3. The predicted octanol–water partition coefficient (Wildman–Crippen LogP) is 3.01. The summed E-state index contributed by atoms with van der Waals surface area (Å²) in [6.45, 7) is 3.78. The molecule has 2 heterocycles. The lowest BCUT2D eigenvalue weighted by atomic mass is 10.1. The topological polar surface area (TPSA) is 170 Å². The van der Waals surface area contributed by atoms with Gasteiger partial charge < -0.3 is 30.7 Å². The summed E-state index contributed by atoms with van der Waals surface area (Å²) in [4.78, 5) is 8.28. The summed E-state index contributed by atoms with van der Waals surface area (Å²) >= 11 is 0. The zero-order chi connectivity index (χ0) is 24.5. The van der Waals surface area contributed by atoms with Crippen molar-refractivity contribution in [3.8, 4) is 22.8 Å². The fourth-order valence-corrected chi connectivity index (χ4v) is 2.93. The van der Waals surface area contributed by atoms with Gasteiger partial charge in [0.15, 0.2) is 0 Å². The average Bonchev–Trinajstić information content (AvgIpc) is 3.59. The van der Waals surface area contributed by atoms with Crippen LogP contribution in [0, 0.1) is 0 Å². The van der Waals surface area contributed by atoms with Gasteiger partial charge in [-0.15, -0.1) is 0 Å². The monoisotopic (exact) mass is 466 g/mol. The van der Waals surface area contributed by atoms with Gasteiger partial charge in [0.05, 0.1) is 0 Å². The van der Waals surface area contributed by atoms with Gasteiger partial charge in [0.25, 0.3) is 11.8 Å². The number of nitrogens with zero attached hydrogens (tertiary/aromatic N) is 4. The van der Waals surface area contributed by atoms with E-state index in [1.165, 1.54) is 0 Å². The van der Waals surface area contributed by atoms with Crippen LogP contribution in [0.1, 0.15) is 50.7 Å². The Kier molecular flexibility index (Phi) is 9.00. The Morgan fingerprint density at radius 2 is 1.03 bits per heavy atom. The van der Waals surface area contributed by atoms with Gasteiger partial charge in [0.1, 0.15) is 12.2 Å². The second kappa shape index (κ2) is 12.1. The number of hydrogen-bond donors (Lipinski definition) is 4. The molecule has 180 valence electrons. The van der Waals surface area contributed by atoms with E-state index in [1.807, 2.05) is 74.5 Å². The summed E-state index contributed by atoms with van der Waals surface area (Å²) in [5.41, 5.74) is 13.1. The van der Waals surface area contributed by atoms with E-state index >= 15 is 0 Å². The van der Waals surface area contributed by atoms with Crippen molar-refractivity contribution < 1.29 is 19.3 Å². The molecule has 2 aromatic carbocycles. The molecule has 2 unspecified atom stereocenters. The van der Waals surface area contributed by atoms with Crippen LogP contribution >= 0.6 is 0 Å². The molecule has 6 N–H and O–H groups in total. The Morgan fingerprint density at radius 3 is 1.35 bits per heavy atom. The Hall–Kier alpha value is -3.44. The van der Waals surface area contributed by atoms with Crippen LogP contribution in [-0.4, -0.2) is 42.6 Å². The molecule has 0 amide bonds. The summed E-state index contributed by atoms with van der Waals surface area (Å²) in [6.07, 6.45) is -0.538. The van der Waals surface area contributed by atoms with Gasteiger partial charge in [-0.05, 0) is 12.8 Å². The first-order valence-corrected chi connectivity index (χ1v) is 11.1. The second-order valence-electron chi connectivity index (χ2n) is 7.68. The lowest BCUT2D eigenvalue weighted by Gasteiger charge is -2.11. The highest BCUT2D eigenvalue weighted by molar-refractivity contribution is 5.54. The van der Waals surface area contributed by atoms with E-state index in [9.17, 15) is 10.2 Å². The molecule has 0 radical (unpaired) electrons. The molecule has 10 nitrogen and oxygen atoms in total. The van der Waals surface area contributed by atoms with E-state index < -0.39 is 12.2 Å². The first-order chi connectivity index (χ1) is 16.4. The van der Waals surface area contributed by atoms with Crippen molar-refractivity contribution in [3.63, 3.8) is 0 Å². The van der Waals surface area contributed by atoms with Crippen molar-refractivity contribution in [2.24, 2.45) is 11.5 Å². The summed E-state index contributed by atoms with van der Waals surface area (Å²) in [7, 11) is 0. The van der Waals surface area contributed by atoms with E-state index in [2.05, 4.69) is 20.3 Å². The third-order valence-electron chi connectivity index (χ3n) is 5.21. The number of aromatic nitrogens is 4. The highest BCUT2D eigenvalue weighted by Crippen LogP contribution is 2.21. The van der Waals surface area contributed by atoms with Crippen molar-refractivity contribution in [1.29, 1.82) is 0 Å². The van der Waals surface area contributed by atoms with Crippen LogP contribution in [0.3, 0.4) is 0 Å². The van der Waals surface area contributed by atoms with Gasteiger partial charge in [-0.2, -0.15) is 9.97 Å². The molecule has 2 aromatic heterocycles. The smallest absolute Gasteiger partial charge is 0.257 e. The fourth-order valence-electron chi connectivity index (χ4n) is 2.93. The summed E-state index contributed by atoms with van der Waals surface area (Å²) in [5.74, 6) is 1.25. The molecule has 0 saturated heterocycles. The van der Waals surface area contributed by atoms with Crippen LogP contribution in [0.15, 0.2) is 69.7 Å². The molecule has 0 spiro atoms. The molecule has 0 aliphatic carbocycles. The van der Waals surface area contributed by atoms with E-state index in [0.717, 1.165) is 11.1 Å². The van der Waals surface area contributed by atoms with Crippen LogP contribution < -0.4 is 11.5 Å². The maximum Gasteiger partial charge on any atom is 0.257 e. The number of aliphatic hydroxyl groups is 2. The lowest BCUT2D eigenvalue weighted by molar-refractivity contribution is 0.105. The van der Waals surface area contributed by atoms with E-state index in [1.54, 1.807) is 0 Å². The zero-order valence-corrected chi connectivity index (χ0v) is 19.2. The summed E-state index contributed by atoms with van der Waals surface area (Å²) in [6, 6.07) is 18.1. The number of rotatable bonds is 8. The van der Waals surface area contributed by atoms with Crippen LogP contribution in [-0.2, 0) is 0 Å². The van der Waals surface area contributed by atoms with E-state index in [-0.39, 0.29) is 23.9 Å². The summed E-state index contributed by atoms with van der Waals surface area (Å²) < 4.78 is 10.0. The molecular formula is C24H30N6O4. The van der Waals surface area contributed by atoms with Crippen molar-refractivity contribution in [2.45, 2.75) is 51.0 Å². The van der Waals surface area contributed by atoms with Crippen LogP contribution in [0.4, 0.5) is 0 Å². The van der Waals surface area contributed by atoms with Crippen molar-refractivity contribution in [1.82, 2.24) is 20.3 Å². The zero-order valence-electron chi connectivity index (χ0n) is 19.2. The standard InChI is InChI=1S/2C12H15N3O2/c2*1-2-9(13)10(16)12-14-11(15-17-12)8-6-4-3-5-7-8/h2*3-7,9-10,16H,2,13H2,1H3/t2*9-,10?/m00/s1. The molecular weight excluding hydrogens is 436 g/mol. The molecule has 0 aliphatic heterocycles. The third kappa shape index (κ3) is 6.33. The van der Waals surface area contributed by atoms with Gasteiger partial charge in [0, 0.05) is 23.2 Å². The highest BCUT2D eigenvalue weighted by Gasteiger charge is 2.23. The number of aliphatic hydroxyl groups excluding tert-OH is 2. The number of hydrogen-bond acceptors (Lipinski definition) is 10. The van der Waals surface area contributed by atoms with Crippen LogP contribution in [0.2, 0.25) is 0 Å². The molecule has 0 saturated carbocycles. The minimum absolute atomic E-state index is 0.165. The Bertz CT molecular complexity index is 1030. The number of benzene rings is 2. The SMILES string of the molecule is CC[C@H](N)C(O)c1nc(-c2ccccc2)no1.CC[C@H](N)C(O)c1nc(-c2ccccc2)no1. The molecule has 4 atom stereocenters. The van der Waals surface area contributed by atoms with Gasteiger partial charge in [-0.3, -0.25) is 0 Å². The molecule has 34 heavy (non-hydrogen) atoms. The Labute approximate surface area is 197 Å². The van der Waals surface area contributed by atoms with Gasteiger partial charge in [0.2, 0.25) is 11.6 Å². The average molecular weight is 467 g/mol. The Morgan fingerprint density at radius 1 is 0.676 bits per heavy atom. The normalized spacial score (nSPS) is 14.5. The molecule has 0 aliphatic rings. The Balaban J connectivity index is 0.000000191. The first-order valence-electron chi connectivity index (χ1n) is 11.1. The fraction of sp³-hybridized carbons (Fsp3) is 0.333. The van der Waals surface area contributed by atoms with Crippen molar-refractivity contribution in [2.75, 3.05) is 0 Å². The maximum atomic E-state index is 9.83. The van der Waals surface area contributed by atoms with E-state index in [0.29, 0.717) is 24.5 Å². The second-order valence-corrected chi connectivity index (χ2v) is 7.68. The van der Waals surface area contributed by atoms with Gasteiger partial charge in [-0.1, -0.05) is 84.8 Å². The third-order valence-corrected chi connectivity index (χ3v) is 5.21. The first kappa shape index (κ1) is 25.2. The van der Waals surface area contributed by atoms with Crippen molar-refractivity contribution in [3.05, 3.63) is 72.4 Å². The molecule has 4 rings (SSSR count). The van der Waals surface area contributed by atoms with E-state index in [4.69, 9.17) is 20.5 Å². The van der Waals surface area contributed by atoms with Crippen LogP contribution in [0.5, 0.6) is 0 Å². The minimum atomic E-state index is -0.912. The lowest BCUT2D eigenvalue weighted by Crippen LogP contribution is -2.27. The predicted molar refractivity (Wildman–Crippen MR) is 126 cm³/mol.